The minimum atomic E-state index is -0.206. The second-order valence-electron chi connectivity index (χ2n) is 5.08. The van der Waals surface area contributed by atoms with Crippen LogP contribution in [0.4, 0.5) is 4.39 Å². The molecule has 0 saturated heterocycles. The molecule has 4 nitrogen and oxygen atoms in total. The maximum Gasteiger partial charge on any atom is 0.123 e. The average molecular weight is 275 g/mol. The number of rotatable bonds is 4. The van der Waals surface area contributed by atoms with Crippen LogP contribution in [-0.2, 0) is 24.8 Å². The van der Waals surface area contributed by atoms with Crippen LogP contribution in [0.25, 0.3) is 0 Å². The van der Waals surface area contributed by atoms with Gasteiger partial charge in [0.25, 0.3) is 0 Å². The molecule has 0 bridgehead atoms. The standard InChI is InChI=1S/C15H18FN3O/c1-19-10-12-6-7-20-14(15(12)18-19)9-17-8-11-2-4-13(16)5-3-11/h2-5,10,14,17H,6-9H2,1H3. The van der Waals surface area contributed by atoms with E-state index < -0.39 is 0 Å². The predicted molar refractivity (Wildman–Crippen MR) is 73.7 cm³/mol. The number of halogens is 1. The van der Waals surface area contributed by atoms with Crippen LogP contribution in [0.1, 0.15) is 22.9 Å². The summed E-state index contributed by atoms with van der Waals surface area (Å²) in [5.74, 6) is -0.206. The first-order chi connectivity index (χ1) is 9.72. The maximum atomic E-state index is 12.8. The van der Waals surface area contributed by atoms with E-state index in [4.69, 9.17) is 4.74 Å². The van der Waals surface area contributed by atoms with Crippen molar-refractivity contribution in [1.82, 2.24) is 15.1 Å². The van der Waals surface area contributed by atoms with Crippen molar-refractivity contribution in [3.63, 3.8) is 0 Å². The SMILES string of the molecule is Cn1cc2c(n1)C(CNCc1ccc(F)cc1)OCC2. The van der Waals surface area contributed by atoms with Gasteiger partial charge in [0.15, 0.2) is 0 Å². The number of benzene rings is 1. The number of aryl methyl sites for hydroxylation is 1. The lowest BCUT2D eigenvalue weighted by Crippen LogP contribution is -2.27. The second-order valence-corrected chi connectivity index (χ2v) is 5.08. The molecule has 3 rings (SSSR count). The molecular formula is C15H18FN3O. The minimum absolute atomic E-state index is 0.000369. The number of nitrogens with zero attached hydrogens (tertiary/aromatic N) is 2. The summed E-state index contributed by atoms with van der Waals surface area (Å²) in [6.45, 7) is 2.14. The van der Waals surface area contributed by atoms with Gasteiger partial charge in [0, 0.05) is 26.3 Å². The van der Waals surface area contributed by atoms with Crippen molar-refractivity contribution in [3.05, 3.63) is 53.1 Å². The molecule has 0 saturated carbocycles. The summed E-state index contributed by atoms with van der Waals surface area (Å²) < 4.78 is 20.4. The lowest BCUT2D eigenvalue weighted by molar-refractivity contribution is 0.0393. The number of ether oxygens (including phenoxy) is 1. The lowest BCUT2D eigenvalue weighted by Gasteiger charge is -2.22. The highest BCUT2D eigenvalue weighted by Gasteiger charge is 2.23. The Labute approximate surface area is 117 Å². The molecule has 1 aliphatic heterocycles. The topological polar surface area (TPSA) is 39.1 Å². The predicted octanol–water partition coefficient (Wildman–Crippen LogP) is 1.96. The van der Waals surface area contributed by atoms with Crippen molar-refractivity contribution in [2.75, 3.05) is 13.2 Å². The van der Waals surface area contributed by atoms with Crippen LogP contribution in [-0.4, -0.2) is 22.9 Å². The van der Waals surface area contributed by atoms with Gasteiger partial charge in [-0.15, -0.1) is 0 Å². The average Bonchev–Trinajstić information content (AvgIpc) is 2.82. The molecule has 1 aromatic carbocycles. The Kier molecular flexibility index (Phi) is 3.80. The van der Waals surface area contributed by atoms with E-state index in [1.165, 1.54) is 17.7 Å². The van der Waals surface area contributed by atoms with E-state index in [2.05, 4.69) is 16.6 Å². The van der Waals surface area contributed by atoms with Crippen LogP contribution < -0.4 is 5.32 Å². The highest BCUT2D eigenvalue weighted by atomic mass is 19.1. The van der Waals surface area contributed by atoms with Crippen LogP contribution in [0.5, 0.6) is 0 Å². The highest BCUT2D eigenvalue weighted by Crippen LogP contribution is 2.24. The Bertz CT molecular complexity index is 579. The number of nitrogens with one attached hydrogen (secondary N) is 1. The molecule has 1 atom stereocenters. The molecule has 0 fully saturated rings. The van der Waals surface area contributed by atoms with Crippen LogP contribution >= 0.6 is 0 Å². The Hall–Kier alpha value is -1.72. The molecule has 1 aliphatic rings. The molecule has 106 valence electrons. The van der Waals surface area contributed by atoms with Gasteiger partial charge in [-0.2, -0.15) is 5.10 Å². The molecule has 5 heteroatoms. The fourth-order valence-electron chi connectivity index (χ4n) is 2.51. The number of fused-ring (bicyclic) bond motifs is 1. The van der Waals surface area contributed by atoms with Crippen molar-refractivity contribution < 1.29 is 9.13 Å². The smallest absolute Gasteiger partial charge is 0.123 e. The Morgan fingerprint density at radius 2 is 2.20 bits per heavy atom. The van der Waals surface area contributed by atoms with Gasteiger partial charge in [0.2, 0.25) is 0 Å². The molecule has 1 unspecified atom stereocenters. The van der Waals surface area contributed by atoms with Crippen LogP contribution in [0.3, 0.4) is 0 Å². The van der Waals surface area contributed by atoms with E-state index in [9.17, 15) is 4.39 Å². The molecule has 2 aromatic rings. The third-order valence-corrected chi connectivity index (χ3v) is 3.50. The Morgan fingerprint density at radius 1 is 1.40 bits per heavy atom. The van der Waals surface area contributed by atoms with Crippen molar-refractivity contribution in [2.24, 2.45) is 7.05 Å². The van der Waals surface area contributed by atoms with E-state index in [-0.39, 0.29) is 11.9 Å². The number of aromatic nitrogens is 2. The van der Waals surface area contributed by atoms with E-state index in [0.717, 1.165) is 24.3 Å². The van der Waals surface area contributed by atoms with Crippen molar-refractivity contribution in [1.29, 1.82) is 0 Å². The number of hydrogen-bond acceptors (Lipinski definition) is 3. The second kappa shape index (κ2) is 5.73. The summed E-state index contributed by atoms with van der Waals surface area (Å²) >= 11 is 0. The zero-order valence-corrected chi connectivity index (χ0v) is 11.5. The first-order valence-corrected chi connectivity index (χ1v) is 6.81. The summed E-state index contributed by atoms with van der Waals surface area (Å²) in [5, 5.41) is 7.82. The van der Waals surface area contributed by atoms with Crippen molar-refractivity contribution in [3.8, 4) is 0 Å². The normalized spacial score (nSPS) is 18.0. The minimum Gasteiger partial charge on any atom is -0.370 e. The first-order valence-electron chi connectivity index (χ1n) is 6.81. The summed E-state index contributed by atoms with van der Waals surface area (Å²) in [6.07, 6.45) is 2.99. The molecule has 0 spiro atoms. The summed E-state index contributed by atoms with van der Waals surface area (Å²) in [5.41, 5.74) is 3.36. The van der Waals surface area contributed by atoms with Gasteiger partial charge in [-0.05, 0) is 29.7 Å². The molecule has 20 heavy (non-hydrogen) atoms. The molecule has 1 N–H and O–H groups in total. The van der Waals surface area contributed by atoms with Gasteiger partial charge in [0.05, 0.1) is 12.3 Å². The molecule has 1 aromatic heterocycles. The van der Waals surface area contributed by atoms with Crippen molar-refractivity contribution in [2.45, 2.75) is 19.1 Å². The quantitative estimate of drug-likeness (QED) is 0.927. The summed E-state index contributed by atoms with van der Waals surface area (Å²) in [7, 11) is 1.93. The maximum absolute atomic E-state index is 12.8. The Balaban J connectivity index is 1.58. The third-order valence-electron chi connectivity index (χ3n) is 3.50. The molecule has 0 radical (unpaired) electrons. The van der Waals surface area contributed by atoms with Gasteiger partial charge in [-0.25, -0.2) is 4.39 Å². The van der Waals surface area contributed by atoms with E-state index in [1.54, 1.807) is 12.1 Å². The van der Waals surface area contributed by atoms with Gasteiger partial charge in [0.1, 0.15) is 11.9 Å². The van der Waals surface area contributed by atoms with E-state index in [0.29, 0.717) is 13.1 Å². The van der Waals surface area contributed by atoms with Crippen molar-refractivity contribution >= 4 is 0 Å². The van der Waals surface area contributed by atoms with Crippen LogP contribution in [0.2, 0.25) is 0 Å². The largest absolute Gasteiger partial charge is 0.370 e. The van der Waals surface area contributed by atoms with Gasteiger partial charge in [-0.3, -0.25) is 4.68 Å². The fourth-order valence-corrected chi connectivity index (χ4v) is 2.51. The molecule has 0 aliphatic carbocycles. The van der Waals surface area contributed by atoms with E-state index >= 15 is 0 Å². The number of hydrogen-bond donors (Lipinski definition) is 1. The summed E-state index contributed by atoms with van der Waals surface area (Å²) in [4.78, 5) is 0. The van der Waals surface area contributed by atoms with Gasteiger partial charge in [-0.1, -0.05) is 12.1 Å². The third kappa shape index (κ3) is 2.89. The zero-order valence-electron chi connectivity index (χ0n) is 11.5. The lowest BCUT2D eigenvalue weighted by atomic mass is 10.1. The van der Waals surface area contributed by atoms with Crippen LogP contribution in [0, 0.1) is 5.82 Å². The van der Waals surface area contributed by atoms with Crippen LogP contribution in [0.15, 0.2) is 30.5 Å². The molecule has 2 heterocycles. The Morgan fingerprint density at radius 3 is 3.00 bits per heavy atom. The fraction of sp³-hybridized carbons (Fsp3) is 0.400. The highest BCUT2D eigenvalue weighted by molar-refractivity contribution is 5.22. The van der Waals surface area contributed by atoms with Gasteiger partial charge >= 0.3 is 0 Å². The van der Waals surface area contributed by atoms with E-state index in [1.807, 2.05) is 11.7 Å². The zero-order chi connectivity index (χ0) is 13.9. The first kappa shape index (κ1) is 13.3. The molecular weight excluding hydrogens is 257 g/mol. The monoisotopic (exact) mass is 275 g/mol. The molecule has 0 amide bonds. The summed E-state index contributed by atoms with van der Waals surface area (Å²) in [6, 6.07) is 6.53. The van der Waals surface area contributed by atoms with Gasteiger partial charge < -0.3 is 10.1 Å².